The van der Waals surface area contributed by atoms with Gasteiger partial charge in [0, 0.05) is 0 Å². The first-order valence-electron chi connectivity index (χ1n) is 10.3. The number of hydrogen-bond donors (Lipinski definition) is 2. The second-order valence-electron chi connectivity index (χ2n) is 8.46. The van der Waals surface area contributed by atoms with Crippen LogP contribution in [0.3, 0.4) is 0 Å². The van der Waals surface area contributed by atoms with E-state index in [0.717, 1.165) is 12.8 Å². The zero-order valence-corrected chi connectivity index (χ0v) is 18.0. The Morgan fingerprint density at radius 2 is 1.04 bits per heavy atom. The summed E-state index contributed by atoms with van der Waals surface area (Å²) in [6, 6.07) is 0. The van der Waals surface area contributed by atoms with Crippen molar-refractivity contribution in [2.24, 2.45) is 11.1 Å². The van der Waals surface area contributed by atoms with E-state index in [-0.39, 0.29) is 0 Å². The van der Waals surface area contributed by atoms with Gasteiger partial charge in [0.05, 0.1) is 0 Å². The molecule has 0 aromatic heterocycles. The van der Waals surface area contributed by atoms with E-state index in [9.17, 15) is 13.0 Å². The molecule has 0 aliphatic rings. The van der Waals surface area contributed by atoms with Crippen LogP contribution in [0.5, 0.6) is 0 Å². The maximum absolute atomic E-state index is 11.5. The molecule has 0 aliphatic heterocycles. The molecule has 0 heterocycles. The van der Waals surface area contributed by atoms with Gasteiger partial charge in [0.25, 0.3) is 10.1 Å². The van der Waals surface area contributed by atoms with Crippen LogP contribution in [0.25, 0.3) is 0 Å². The molecule has 0 aliphatic carbocycles. The SMILES string of the molecule is CCCCCCCCCCCCCCCC(C)(C)C(C)(N)S(=O)(=O)O. The molecule has 3 N–H and O–H groups in total. The summed E-state index contributed by atoms with van der Waals surface area (Å²) in [5.41, 5.74) is 5.24. The Morgan fingerprint density at radius 1 is 0.720 bits per heavy atom. The molecule has 4 nitrogen and oxygen atoms in total. The lowest BCUT2D eigenvalue weighted by molar-refractivity contribution is 0.216. The molecule has 1 unspecified atom stereocenters. The van der Waals surface area contributed by atoms with Crippen molar-refractivity contribution in [1.29, 1.82) is 0 Å². The minimum atomic E-state index is -4.25. The first-order chi connectivity index (χ1) is 11.6. The van der Waals surface area contributed by atoms with E-state index in [0.29, 0.717) is 6.42 Å². The van der Waals surface area contributed by atoms with Gasteiger partial charge in [-0.25, -0.2) is 0 Å². The molecule has 0 rings (SSSR count). The maximum Gasteiger partial charge on any atom is 0.284 e. The summed E-state index contributed by atoms with van der Waals surface area (Å²) in [7, 11) is -4.25. The number of rotatable bonds is 16. The Bertz CT molecular complexity index is 430. The van der Waals surface area contributed by atoms with Crippen LogP contribution in [0.1, 0.15) is 118 Å². The minimum Gasteiger partial charge on any atom is -0.310 e. The highest BCUT2D eigenvalue weighted by Crippen LogP contribution is 2.37. The molecule has 0 fully saturated rings. The average molecular weight is 378 g/mol. The van der Waals surface area contributed by atoms with Gasteiger partial charge in [0.15, 0.2) is 0 Å². The Labute approximate surface area is 157 Å². The van der Waals surface area contributed by atoms with Gasteiger partial charge in [0.1, 0.15) is 4.87 Å². The Kier molecular flexibility index (Phi) is 12.2. The van der Waals surface area contributed by atoms with Crippen LogP contribution in [-0.4, -0.2) is 17.8 Å². The lowest BCUT2D eigenvalue weighted by atomic mass is 9.80. The summed E-state index contributed by atoms with van der Waals surface area (Å²) in [6.45, 7) is 7.30. The molecule has 0 amide bonds. The summed E-state index contributed by atoms with van der Waals surface area (Å²) >= 11 is 0. The van der Waals surface area contributed by atoms with Crippen molar-refractivity contribution in [3.63, 3.8) is 0 Å². The summed E-state index contributed by atoms with van der Waals surface area (Å²) in [5.74, 6) is 0. The van der Waals surface area contributed by atoms with Crippen molar-refractivity contribution in [2.45, 2.75) is 122 Å². The van der Waals surface area contributed by atoms with Crippen molar-refractivity contribution in [2.75, 3.05) is 0 Å². The molecule has 0 radical (unpaired) electrons. The third-order valence-corrected chi connectivity index (χ3v) is 7.41. The molecule has 5 heteroatoms. The molecule has 152 valence electrons. The summed E-state index contributed by atoms with van der Waals surface area (Å²) in [4.78, 5) is -1.60. The van der Waals surface area contributed by atoms with E-state index in [1.807, 2.05) is 13.8 Å². The van der Waals surface area contributed by atoms with E-state index >= 15 is 0 Å². The van der Waals surface area contributed by atoms with Crippen LogP contribution in [0.15, 0.2) is 0 Å². The Balaban J connectivity index is 3.64. The van der Waals surface area contributed by atoms with E-state index in [4.69, 9.17) is 5.73 Å². The molecule has 0 saturated heterocycles. The van der Waals surface area contributed by atoms with Gasteiger partial charge in [-0.3, -0.25) is 4.55 Å². The highest BCUT2D eigenvalue weighted by atomic mass is 32.2. The molecule has 0 aromatic rings. The predicted octanol–water partition coefficient (Wildman–Crippen LogP) is 6.06. The van der Waals surface area contributed by atoms with Crippen molar-refractivity contribution < 1.29 is 13.0 Å². The summed E-state index contributed by atoms with van der Waals surface area (Å²) in [5, 5.41) is 0. The van der Waals surface area contributed by atoms with Crippen LogP contribution >= 0.6 is 0 Å². The monoisotopic (exact) mass is 377 g/mol. The van der Waals surface area contributed by atoms with Gasteiger partial charge in [-0.1, -0.05) is 104 Å². The predicted molar refractivity (Wildman–Crippen MR) is 108 cm³/mol. The van der Waals surface area contributed by atoms with Gasteiger partial charge in [-0.15, -0.1) is 0 Å². The van der Waals surface area contributed by atoms with Crippen LogP contribution in [0.2, 0.25) is 0 Å². The molecule has 0 spiro atoms. The van der Waals surface area contributed by atoms with Crippen molar-refractivity contribution in [3.05, 3.63) is 0 Å². The third-order valence-electron chi connectivity index (χ3n) is 5.78. The fourth-order valence-corrected chi connectivity index (χ4v) is 3.98. The molecular formula is C20H43NO3S. The minimum absolute atomic E-state index is 0.641. The lowest BCUT2D eigenvalue weighted by Gasteiger charge is -2.38. The second kappa shape index (κ2) is 12.3. The lowest BCUT2D eigenvalue weighted by Crippen LogP contribution is -2.55. The van der Waals surface area contributed by atoms with Crippen molar-refractivity contribution in [3.8, 4) is 0 Å². The average Bonchev–Trinajstić information content (AvgIpc) is 2.50. The van der Waals surface area contributed by atoms with Gasteiger partial charge in [-0.2, -0.15) is 8.42 Å². The molecule has 0 bridgehead atoms. The van der Waals surface area contributed by atoms with Crippen LogP contribution < -0.4 is 5.73 Å². The standard InChI is InChI=1S/C20H43NO3S/c1-5-6-7-8-9-10-11-12-13-14-15-16-17-18-19(2,3)20(4,21)25(22,23)24/h5-18,21H2,1-4H3,(H,22,23,24). The fraction of sp³-hybridized carbons (Fsp3) is 1.00. The molecule has 1 atom stereocenters. The van der Waals surface area contributed by atoms with Gasteiger partial charge in [-0.05, 0) is 18.8 Å². The topological polar surface area (TPSA) is 80.4 Å². The van der Waals surface area contributed by atoms with Gasteiger partial charge >= 0.3 is 0 Å². The highest BCUT2D eigenvalue weighted by molar-refractivity contribution is 7.87. The first-order valence-corrected chi connectivity index (χ1v) is 11.8. The van der Waals surface area contributed by atoms with E-state index in [1.165, 1.54) is 77.6 Å². The van der Waals surface area contributed by atoms with Gasteiger partial charge < -0.3 is 5.73 Å². The Morgan fingerprint density at radius 3 is 1.36 bits per heavy atom. The largest absolute Gasteiger partial charge is 0.310 e. The van der Waals surface area contributed by atoms with E-state index < -0.39 is 20.4 Å². The Hall–Kier alpha value is -0.130. The quantitative estimate of drug-likeness (QED) is 0.253. The van der Waals surface area contributed by atoms with E-state index in [2.05, 4.69) is 6.92 Å². The first kappa shape index (κ1) is 24.9. The van der Waals surface area contributed by atoms with E-state index in [1.54, 1.807) is 0 Å². The van der Waals surface area contributed by atoms with Crippen LogP contribution in [0, 0.1) is 5.41 Å². The zero-order valence-electron chi connectivity index (χ0n) is 17.1. The molecular weight excluding hydrogens is 334 g/mol. The highest BCUT2D eigenvalue weighted by Gasteiger charge is 2.47. The third kappa shape index (κ3) is 9.95. The molecule has 0 saturated carbocycles. The van der Waals surface area contributed by atoms with Gasteiger partial charge in [0.2, 0.25) is 0 Å². The normalized spacial score (nSPS) is 15.3. The number of nitrogens with two attached hydrogens (primary N) is 1. The summed E-state index contributed by atoms with van der Waals surface area (Å²) in [6.07, 6.45) is 17.5. The van der Waals surface area contributed by atoms with Crippen LogP contribution in [0.4, 0.5) is 0 Å². The zero-order chi connectivity index (χ0) is 19.4. The second-order valence-corrected chi connectivity index (χ2v) is 10.3. The number of unbranched alkanes of at least 4 members (excludes halogenated alkanes) is 12. The number of hydrogen-bond acceptors (Lipinski definition) is 3. The van der Waals surface area contributed by atoms with Crippen LogP contribution in [-0.2, 0) is 10.1 Å². The maximum atomic E-state index is 11.5. The van der Waals surface area contributed by atoms with Crippen molar-refractivity contribution >= 4 is 10.1 Å². The van der Waals surface area contributed by atoms with Crippen molar-refractivity contribution in [1.82, 2.24) is 0 Å². The molecule has 25 heavy (non-hydrogen) atoms. The smallest absolute Gasteiger partial charge is 0.284 e. The summed E-state index contributed by atoms with van der Waals surface area (Å²) < 4.78 is 32.3. The fourth-order valence-electron chi connectivity index (χ4n) is 3.18. The molecule has 0 aromatic carbocycles.